The molecule has 0 saturated carbocycles. The van der Waals surface area contributed by atoms with E-state index in [0.717, 1.165) is 0 Å². The summed E-state index contributed by atoms with van der Waals surface area (Å²) in [5, 5.41) is 2.93. The molecule has 1 radical (unpaired) electrons. The second-order valence-corrected chi connectivity index (χ2v) is 1.56. The zero-order valence-electron chi connectivity index (χ0n) is 4.22. The lowest BCUT2D eigenvalue weighted by Crippen LogP contribution is -2.21. The molecule has 0 saturated heterocycles. The third-order valence-electron chi connectivity index (χ3n) is 0.868. The summed E-state index contributed by atoms with van der Waals surface area (Å²) < 4.78 is 34.7. The molecule has 0 spiro atoms. The number of alkyl halides is 3. The summed E-state index contributed by atoms with van der Waals surface area (Å²) in [5.74, 6) is -1.63. The van der Waals surface area contributed by atoms with E-state index in [-0.39, 0.29) is 0 Å². The van der Waals surface area contributed by atoms with E-state index in [1.54, 1.807) is 0 Å². The van der Waals surface area contributed by atoms with Crippen molar-refractivity contribution >= 4 is 6.21 Å². The zero-order valence-corrected chi connectivity index (χ0v) is 4.22. The van der Waals surface area contributed by atoms with Crippen LogP contribution in [0.25, 0.3) is 0 Å². The smallest absolute Gasteiger partial charge is 0.388 e. The third kappa shape index (κ3) is 1.34. The Balaban J connectivity index is 2.53. The van der Waals surface area contributed by atoms with Gasteiger partial charge < -0.3 is 4.84 Å². The van der Waals surface area contributed by atoms with Crippen LogP contribution in [0.3, 0.4) is 0 Å². The molecule has 0 aromatic rings. The van der Waals surface area contributed by atoms with Crippen molar-refractivity contribution in [3.63, 3.8) is 0 Å². The maximum atomic E-state index is 11.6. The zero-order chi connectivity index (χ0) is 6.91. The first-order chi connectivity index (χ1) is 4.11. The first kappa shape index (κ1) is 6.38. The van der Waals surface area contributed by atoms with Crippen molar-refractivity contribution < 1.29 is 18.0 Å². The Morgan fingerprint density at radius 1 is 1.44 bits per heavy atom. The van der Waals surface area contributed by atoms with Crippen molar-refractivity contribution in [1.82, 2.24) is 0 Å². The number of hydrogen-bond acceptors (Lipinski definition) is 2. The van der Waals surface area contributed by atoms with Gasteiger partial charge >= 0.3 is 6.18 Å². The van der Waals surface area contributed by atoms with Gasteiger partial charge in [-0.15, -0.1) is 0 Å². The highest BCUT2D eigenvalue weighted by molar-refractivity contribution is 5.64. The lowest BCUT2D eigenvalue weighted by molar-refractivity contribution is -0.151. The van der Waals surface area contributed by atoms with Crippen LogP contribution in [0.4, 0.5) is 13.2 Å². The van der Waals surface area contributed by atoms with Crippen LogP contribution in [0, 0.1) is 12.5 Å². The fourth-order valence-electron chi connectivity index (χ4n) is 0.398. The van der Waals surface area contributed by atoms with Crippen molar-refractivity contribution in [2.45, 2.75) is 6.18 Å². The summed E-state index contributed by atoms with van der Waals surface area (Å²) in [4.78, 5) is 4.01. The number of halogens is 3. The molecule has 0 aliphatic carbocycles. The summed E-state index contributed by atoms with van der Waals surface area (Å²) in [6.45, 7) is 0.639. The molecule has 5 heteroatoms. The molecule has 1 rings (SSSR count). The molecule has 1 heterocycles. The van der Waals surface area contributed by atoms with Crippen LogP contribution in [-0.4, -0.2) is 12.4 Å². The van der Waals surface area contributed by atoms with Crippen molar-refractivity contribution in [2.24, 2.45) is 11.1 Å². The minimum atomic E-state index is -4.25. The van der Waals surface area contributed by atoms with E-state index >= 15 is 0 Å². The largest absolute Gasteiger partial charge is 0.400 e. The Kier molecular flexibility index (Phi) is 1.34. The van der Waals surface area contributed by atoms with Crippen LogP contribution in [0.5, 0.6) is 0 Å². The van der Waals surface area contributed by atoms with Crippen molar-refractivity contribution in [3.8, 4) is 0 Å². The van der Waals surface area contributed by atoms with Gasteiger partial charge in [0.2, 0.25) is 0 Å². The molecule has 0 bridgehead atoms. The quantitative estimate of drug-likeness (QED) is 0.495. The highest BCUT2D eigenvalue weighted by Crippen LogP contribution is 2.29. The highest BCUT2D eigenvalue weighted by atomic mass is 19.4. The van der Waals surface area contributed by atoms with Crippen LogP contribution in [0.1, 0.15) is 0 Å². The van der Waals surface area contributed by atoms with Crippen LogP contribution >= 0.6 is 0 Å². The third-order valence-corrected chi connectivity index (χ3v) is 0.868. The Bertz CT molecular complexity index is 130. The van der Waals surface area contributed by atoms with Gasteiger partial charge in [-0.25, -0.2) is 0 Å². The monoisotopic (exact) mass is 138 g/mol. The first-order valence-corrected chi connectivity index (χ1v) is 2.20. The van der Waals surface area contributed by atoms with Gasteiger partial charge in [-0.2, -0.15) is 13.2 Å². The highest BCUT2D eigenvalue weighted by Gasteiger charge is 2.41. The SMILES string of the molecule is FC(F)(F)C1[CH]ON=C1. The molecular formula is C4H3F3NO. The minimum absolute atomic E-state index is 0.639. The fourth-order valence-corrected chi connectivity index (χ4v) is 0.398. The van der Waals surface area contributed by atoms with Gasteiger partial charge in [0.15, 0.2) is 6.61 Å². The minimum Gasteiger partial charge on any atom is -0.388 e. The summed E-state index contributed by atoms with van der Waals surface area (Å²) in [5.41, 5.74) is 0. The van der Waals surface area contributed by atoms with E-state index in [9.17, 15) is 13.2 Å². The molecule has 0 aromatic carbocycles. The van der Waals surface area contributed by atoms with E-state index in [1.807, 2.05) is 0 Å². The predicted octanol–water partition coefficient (Wildman–Crippen LogP) is 1.34. The molecule has 9 heavy (non-hydrogen) atoms. The summed E-state index contributed by atoms with van der Waals surface area (Å²) in [7, 11) is 0. The van der Waals surface area contributed by atoms with Crippen molar-refractivity contribution in [2.75, 3.05) is 0 Å². The molecule has 0 fully saturated rings. The van der Waals surface area contributed by atoms with E-state index in [4.69, 9.17) is 0 Å². The topological polar surface area (TPSA) is 21.6 Å². The Labute approximate surface area is 49.3 Å². The summed E-state index contributed by atoms with van der Waals surface area (Å²) in [6.07, 6.45) is -3.54. The fraction of sp³-hybridized carbons (Fsp3) is 0.500. The van der Waals surface area contributed by atoms with Crippen LogP contribution in [0.2, 0.25) is 0 Å². The maximum absolute atomic E-state index is 11.6. The number of oxime groups is 1. The molecule has 1 aliphatic heterocycles. The van der Waals surface area contributed by atoms with Crippen LogP contribution in [0.15, 0.2) is 5.16 Å². The Morgan fingerprint density at radius 3 is 2.33 bits per heavy atom. The lowest BCUT2D eigenvalue weighted by atomic mass is 10.2. The molecule has 1 aliphatic rings. The Hall–Kier alpha value is -0.740. The number of nitrogens with zero attached hydrogens (tertiary/aromatic N) is 1. The van der Waals surface area contributed by atoms with Crippen LogP contribution in [-0.2, 0) is 4.84 Å². The van der Waals surface area contributed by atoms with Crippen molar-refractivity contribution in [1.29, 1.82) is 0 Å². The summed E-state index contributed by atoms with van der Waals surface area (Å²) in [6, 6.07) is 0. The molecule has 2 nitrogen and oxygen atoms in total. The van der Waals surface area contributed by atoms with E-state index in [0.29, 0.717) is 12.8 Å². The van der Waals surface area contributed by atoms with Gasteiger partial charge in [0.05, 0.1) is 6.21 Å². The number of hydrogen-bond donors (Lipinski definition) is 0. The number of rotatable bonds is 0. The standard InChI is InChI=1S/C4H3F3NO/c5-4(6,7)3-1-8-9-2-3/h1-3H. The molecule has 51 valence electrons. The van der Waals surface area contributed by atoms with Crippen molar-refractivity contribution in [3.05, 3.63) is 6.61 Å². The molecule has 1 atom stereocenters. The molecule has 1 unspecified atom stereocenters. The van der Waals surface area contributed by atoms with Gasteiger partial charge in [0.25, 0.3) is 0 Å². The predicted molar refractivity (Wildman–Crippen MR) is 23.4 cm³/mol. The lowest BCUT2D eigenvalue weighted by Gasteiger charge is -2.07. The average Bonchev–Trinajstić information content (AvgIpc) is 2.08. The van der Waals surface area contributed by atoms with Gasteiger partial charge in [0, 0.05) is 0 Å². The van der Waals surface area contributed by atoms with Gasteiger partial charge in [-0.3, -0.25) is 0 Å². The molecule has 0 aromatic heterocycles. The maximum Gasteiger partial charge on any atom is 0.400 e. The van der Waals surface area contributed by atoms with E-state index in [1.165, 1.54) is 0 Å². The normalized spacial score (nSPS) is 26.3. The second-order valence-electron chi connectivity index (χ2n) is 1.56. The van der Waals surface area contributed by atoms with E-state index in [2.05, 4.69) is 9.99 Å². The molecule has 0 amide bonds. The molecular weight excluding hydrogens is 135 g/mol. The first-order valence-electron chi connectivity index (χ1n) is 2.20. The Morgan fingerprint density at radius 2 is 2.11 bits per heavy atom. The van der Waals surface area contributed by atoms with Crippen LogP contribution < -0.4 is 0 Å². The van der Waals surface area contributed by atoms with Gasteiger partial charge in [-0.1, -0.05) is 5.16 Å². The average molecular weight is 138 g/mol. The second kappa shape index (κ2) is 1.89. The van der Waals surface area contributed by atoms with Gasteiger partial charge in [0.1, 0.15) is 5.92 Å². The van der Waals surface area contributed by atoms with Gasteiger partial charge in [-0.05, 0) is 0 Å². The summed E-state index contributed by atoms with van der Waals surface area (Å²) >= 11 is 0. The molecule has 0 N–H and O–H groups in total. The van der Waals surface area contributed by atoms with E-state index < -0.39 is 12.1 Å².